The average molecular weight is 357 g/mol. The van der Waals surface area contributed by atoms with Crippen molar-refractivity contribution in [2.45, 2.75) is 32.4 Å². The fourth-order valence-electron chi connectivity index (χ4n) is 3.08. The third-order valence-electron chi connectivity index (χ3n) is 4.53. The number of rotatable bonds is 5. The third kappa shape index (κ3) is 3.69. The molecule has 0 bridgehead atoms. The van der Waals surface area contributed by atoms with E-state index in [1.165, 1.54) is 12.1 Å². The predicted octanol–water partition coefficient (Wildman–Crippen LogP) is 3.27. The number of carbonyl (C=O) groups is 2. The first-order valence-electron chi connectivity index (χ1n) is 8.54. The number of carboxylic acids is 1. The summed E-state index contributed by atoms with van der Waals surface area (Å²) in [6.07, 6.45) is 0.277. The van der Waals surface area contributed by atoms with Crippen molar-refractivity contribution in [1.29, 1.82) is 0 Å². The summed E-state index contributed by atoms with van der Waals surface area (Å²) in [4.78, 5) is 25.6. The summed E-state index contributed by atoms with van der Waals surface area (Å²) in [5.41, 5.74) is 2.07. The molecule has 136 valence electrons. The molecule has 1 heterocycles. The minimum atomic E-state index is -0.995. The monoisotopic (exact) mass is 357 g/mol. The van der Waals surface area contributed by atoms with Crippen molar-refractivity contribution in [3.63, 3.8) is 0 Å². The third-order valence-corrected chi connectivity index (χ3v) is 4.53. The smallest absolute Gasteiger partial charge is 0.335 e. The van der Waals surface area contributed by atoms with Gasteiger partial charge in [-0.3, -0.25) is 4.79 Å². The summed E-state index contributed by atoms with van der Waals surface area (Å²) in [6, 6.07) is 11.0. The number of halogens is 1. The average Bonchev–Trinajstić information content (AvgIpc) is 2.66. The summed E-state index contributed by atoms with van der Waals surface area (Å²) in [5.74, 6) is -1.67. The van der Waals surface area contributed by atoms with Gasteiger partial charge in [0.15, 0.2) is 17.7 Å². The van der Waals surface area contributed by atoms with Crippen LogP contribution in [0.4, 0.5) is 4.39 Å². The first kappa shape index (κ1) is 17.9. The Labute approximate surface area is 151 Å². The van der Waals surface area contributed by atoms with Gasteiger partial charge in [0.05, 0.1) is 5.56 Å². The first-order chi connectivity index (χ1) is 12.5. The van der Waals surface area contributed by atoms with Crippen LogP contribution in [0.5, 0.6) is 5.75 Å². The van der Waals surface area contributed by atoms with E-state index in [1.807, 2.05) is 6.92 Å². The van der Waals surface area contributed by atoms with Crippen molar-refractivity contribution in [3.05, 3.63) is 65.0 Å². The van der Waals surface area contributed by atoms with E-state index in [-0.39, 0.29) is 17.2 Å². The topological polar surface area (TPSA) is 66.8 Å². The highest BCUT2D eigenvalue weighted by Crippen LogP contribution is 2.23. The van der Waals surface area contributed by atoms with Crippen LogP contribution >= 0.6 is 0 Å². The fraction of sp³-hybridized carbons (Fsp3) is 0.300. The number of fused-ring (bicyclic) bond motifs is 1. The van der Waals surface area contributed by atoms with Gasteiger partial charge < -0.3 is 14.7 Å². The van der Waals surface area contributed by atoms with Gasteiger partial charge in [0.1, 0.15) is 0 Å². The molecule has 2 aromatic carbocycles. The Morgan fingerprint density at radius 1 is 1.23 bits per heavy atom. The molecule has 0 aliphatic carbocycles. The maximum absolute atomic E-state index is 13.8. The molecule has 5 nitrogen and oxygen atoms in total. The van der Waals surface area contributed by atoms with Gasteiger partial charge in [-0.1, -0.05) is 25.1 Å². The quantitative estimate of drug-likeness (QED) is 0.892. The number of amides is 1. The van der Waals surface area contributed by atoms with E-state index in [0.717, 1.165) is 11.1 Å². The number of carboxylic acid groups (broad SMARTS) is 1. The molecule has 1 amide bonds. The largest absolute Gasteiger partial charge is 0.478 e. The van der Waals surface area contributed by atoms with Crippen LogP contribution in [0.25, 0.3) is 0 Å². The molecule has 6 heteroatoms. The predicted molar refractivity (Wildman–Crippen MR) is 93.6 cm³/mol. The Bertz CT molecular complexity index is 836. The Kier molecular flexibility index (Phi) is 5.21. The fourth-order valence-corrected chi connectivity index (χ4v) is 3.08. The van der Waals surface area contributed by atoms with Crippen molar-refractivity contribution < 1.29 is 23.8 Å². The van der Waals surface area contributed by atoms with Gasteiger partial charge in [0.25, 0.3) is 5.91 Å². The molecule has 0 saturated carbocycles. The van der Waals surface area contributed by atoms with Gasteiger partial charge in [-0.15, -0.1) is 0 Å². The lowest BCUT2D eigenvalue weighted by atomic mass is 9.97. The van der Waals surface area contributed by atoms with Crippen LogP contribution in [0.1, 0.15) is 34.8 Å². The van der Waals surface area contributed by atoms with Gasteiger partial charge in [0.2, 0.25) is 0 Å². The van der Waals surface area contributed by atoms with Gasteiger partial charge in [-0.2, -0.15) is 0 Å². The minimum Gasteiger partial charge on any atom is -0.478 e. The van der Waals surface area contributed by atoms with Crippen LogP contribution in [0, 0.1) is 5.82 Å². The number of ether oxygens (including phenoxy) is 1. The molecular formula is C20H20FNO4. The summed E-state index contributed by atoms with van der Waals surface area (Å²) < 4.78 is 19.4. The van der Waals surface area contributed by atoms with E-state index in [0.29, 0.717) is 25.9 Å². The van der Waals surface area contributed by atoms with Crippen molar-refractivity contribution in [2.75, 3.05) is 6.54 Å². The Morgan fingerprint density at radius 3 is 2.69 bits per heavy atom. The number of aromatic carboxylic acids is 1. The highest BCUT2D eigenvalue weighted by molar-refractivity contribution is 5.88. The minimum absolute atomic E-state index is 0.0540. The van der Waals surface area contributed by atoms with E-state index in [2.05, 4.69) is 0 Å². The van der Waals surface area contributed by atoms with Crippen LogP contribution < -0.4 is 4.74 Å². The van der Waals surface area contributed by atoms with Crippen LogP contribution in [-0.4, -0.2) is 34.5 Å². The molecule has 0 aromatic heterocycles. The zero-order chi connectivity index (χ0) is 18.7. The Morgan fingerprint density at radius 2 is 2.00 bits per heavy atom. The second kappa shape index (κ2) is 7.56. The lowest BCUT2D eigenvalue weighted by Crippen LogP contribution is -2.44. The van der Waals surface area contributed by atoms with Crippen molar-refractivity contribution in [1.82, 2.24) is 4.90 Å². The number of carbonyl (C=O) groups excluding carboxylic acids is 1. The van der Waals surface area contributed by atoms with Gasteiger partial charge in [0, 0.05) is 13.1 Å². The molecular weight excluding hydrogens is 337 g/mol. The van der Waals surface area contributed by atoms with Crippen LogP contribution in [-0.2, 0) is 17.8 Å². The zero-order valence-electron chi connectivity index (χ0n) is 14.4. The SMILES string of the molecule is CCC(Oc1ccccc1F)C(=O)N1CCc2ccc(C(=O)O)cc2C1. The van der Waals surface area contributed by atoms with Gasteiger partial charge >= 0.3 is 5.97 Å². The van der Waals surface area contributed by atoms with Crippen LogP contribution in [0.3, 0.4) is 0 Å². The standard InChI is InChI=1S/C20H20FNO4/c1-2-17(26-18-6-4-3-5-16(18)21)19(23)22-10-9-13-7-8-14(20(24)25)11-15(13)12-22/h3-8,11,17H,2,9-10,12H2,1H3,(H,24,25). The number of benzene rings is 2. The van der Waals surface area contributed by atoms with E-state index in [4.69, 9.17) is 9.84 Å². The summed E-state index contributed by atoms with van der Waals surface area (Å²) in [5, 5.41) is 9.14. The van der Waals surface area contributed by atoms with Gasteiger partial charge in [-0.05, 0) is 48.2 Å². The Hall–Kier alpha value is -2.89. The molecule has 0 saturated heterocycles. The first-order valence-corrected chi connectivity index (χ1v) is 8.54. The molecule has 1 aliphatic rings. The van der Waals surface area contributed by atoms with E-state index < -0.39 is 17.9 Å². The van der Waals surface area contributed by atoms with E-state index >= 15 is 0 Å². The van der Waals surface area contributed by atoms with Crippen LogP contribution in [0.15, 0.2) is 42.5 Å². The van der Waals surface area contributed by atoms with Crippen molar-refractivity contribution in [2.24, 2.45) is 0 Å². The van der Waals surface area contributed by atoms with Gasteiger partial charge in [-0.25, -0.2) is 9.18 Å². The maximum Gasteiger partial charge on any atom is 0.335 e. The number of hydrogen-bond acceptors (Lipinski definition) is 3. The number of hydrogen-bond donors (Lipinski definition) is 1. The summed E-state index contributed by atoms with van der Waals surface area (Å²) >= 11 is 0. The highest BCUT2D eigenvalue weighted by Gasteiger charge is 2.28. The number of nitrogens with zero attached hydrogens (tertiary/aromatic N) is 1. The molecule has 2 aromatic rings. The highest BCUT2D eigenvalue weighted by atomic mass is 19.1. The maximum atomic E-state index is 13.8. The number of para-hydroxylation sites is 1. The van der Waals surface area contributed by atoms with Crippen LogP contribution in [0.2, 0.25) is 0 Å². The lowest BCUT2D eigenvalue weighted by Gasteiger charge is -2.32. The molecule has 0 spiro atoms. The zero-order valence-corrected chi connectivity index (χ0v) is 14.4. The molecule has 1 unspecified atom stereocenters. The normalized spacial score (nSPS) is 14.5. The molecule has 26 heavy (non-hydrogen) atoms. The second-order valence-corrected chi connectivity index (χ2v) is 6.24. The molecule has 1 aliphatic heterocycles. The lowest BCUT2D eigenvalue weighted by molar-refractivity contribution is -0.139. The van der Waals surface area contributed by atoms with Crippen molar-refractivity contribution >= 4 is 11.9 Å². The van der Waals surface area contributed by atoms with Crippen molar-refractivity contribution in [3.8, 4) is 5.75 Å². The summed E-state index contributed by atoms with van der Waals surface area (Å²) in [7, 11) is 0. The molecule has 1 atom stereocenters. The van der Waals surface area contributed by atoms with E-state index in [9.17, 15) is 14.0 Å². The Balaban J connectivity index is 1.76. The van der Waals surface area contributed by atoms with E-state index in [1.54, 1.807) is 35.2 Å². The summed E-state index contributed by atoms with van der Waals surface area (Å²) in [6.45, 7) is 2.66. The molecule has 0 radical (unpaired) electrons. The molecule has 3 rings (SSSR count). The molecule has 1 N–H and O–H groups in total. The second-order valence-electron chi connectivity index (χ2n) is 6.24. The molecule has 0 fully saturated rings.